The van der Waals surface area contributed by atoms with E-state index in [1.54, 1.807) is 25.1 Å². The predicted molar refractivity (Wildman–Crippen MR) is 143 cm³/mol. The van der Waals surface area contributed by atoms with Gasteiger partial charge in [-0.2, -0.15) is 0 Å². The van der Waals surface area contributed by atoms with E-state index >= 15 is 0 Å². The van der Waals surface area contributed by atoms with Crippen molar-refractivity contribution in [1.82, 2.24) is 0 Å². The summed E-state index contributed by atoms with van der Waals surface area (Å²) in [4.78, 5) is 36.3. The maximum absolute atomic E-state index is 13.0. The Bertz CT molecular complexity index is 1390. The molecule has 0 aromatic heterocycles. The van der Waals surface area contributed by atoms with E-state index < -0.39 is 32.9 Å². The van der Waals surface area contributed by atoms with Crippen molar-refractivity contribution < 1.29 is 14.5 Å². The van der Waals surface area contributed by atoms with Crippen molar-refractivity contribution >= 4 is 86.9 Å². The number of halogens is 5. The number of benzene rings is 3. The molecule has 0 spiro atoms. The molecule has 0 heterocycles. The summed E-state index contributed by atoms with van der Waals surface area (Å²) >= 11 is 31.2. The van der Waals surface area contributed by atoms with E-state index in [0.717, 1.165) is 0 Å². The van der Waals surface area contributed by atoms with Gasteiger partial charge in [0.05, 0.1) is 21.4 Å². The monoisotopic (exact) mass is 585 g/mol. The van der Waals surface area contributed by atoms with E-state index in [-0.39, 0.29) is 16.3 Å². The zero-order chi connectivity index (χ0) is 26.4. The largest absolute Gasteiger partial charge is 0.326 e. The van der Waals surface area contributed by atoms with Crippen LogP contribution in [0.2, 0.25) is 15.1 Å². The molecule has 36 heavy (non-hydrogen) atoms. The van der Waals surface area contributed by atoms with Crippen LogP contribution in [0.5, 0.6) is 0 Å². The second-order valence-corrected chi connectivity index (χ2v) is 11.0. The second kappa shape index (κ2) is 10.1. The quantitative estimate of drug-likeness (QED) is 0.176. The fourth-order valence-electron chi connectivity index (χ4n) is 3.91. The number of carbonyl (C=O) groups excluding carboxylic acids is 2. The molecule has 7 nitrogen and oxygen atoms in total. The molecule has 4 rings (SSSR count). The van der Waals surface area contributed by atoms with Crippen LogP contribution >= 0.6 is 58.0 Å². The number of aryl methyl sites for hydroxylation is 1. The first-order chi connectivity index (χ1) is 16.9. The Morgan fingerprint density at radius 2 is 1.61 bits per heavy atom. The summed E-state index contributed by atoms with van der Waals surface area (Å²) < 4.78 is -1.36. The topological polar surface area (TPSA) is 101 Å². The number of non-ortho nitro benzene ring substituents is 1. The molecular formula is C24H16Cl5N3O4. The van der Waals surface area contributed by atoms with Crippen LogP contribution in [0.4, 0.5) is 17.1 Å². The Morgan fingerprint density at radius 3 is 2.22 bits per heavy atom. The van der Waals surface area contributed by atoms with Gasteiger partial charge >= 0.3 is 0 Å². The number of hydrogen-bond acceptors (Lipinski definition) is 4. The maximum atomic E-state index is 13.0. The van der Waals surface area contributed by atoms with E-state index in [1.807, 2.05) is 0 Å². The van der Waals surface area contributed by atoms with Gasteiger partial charge in [0.1, 0.15) is 4.33 Å². The average Bonchev–Trinajstić information content (AvgIpc) is 3.37. The highest BCUT2D eigenvalue weighted by atomic mass is 35.5. The van der Waals surface area contributed by atoms with Gasteiger partial charge in [0.2, 0.25) is 5.91 Å². The number of nitro benzene ring substituents is 1. The van der Waals surface area contributed by atoms with Crippen LogP contribution in [0.15, 0.2) is 54.6 Å². The summed E-state index contributed by atoms with van der Waals surface area (Å²) in [5, 5.41) is 17.3. The maximum Gasteiger partial charge on any atom is 0.269 e. The standard InChI is InChI=1S/C24H16Cl5N3O4/c1-11-6-16(32(35)36)3-5-19(11)31-22(33)17-10-15(2-4-18(17)27)30-23(34)21-20(24(21,28)29)12-7-13(25)9-14(26)8-12/h2-10,20-21H,1H3,(H,30,34)(H,31,33). The van der Waals surface area contributed by atoms with Crippen molar-refractivity contribution in [3.05, 3.63) is 96.5 Å². The molecule has 2 atom stereocenters. The van der Waals surface area contributed by atoms with Gasteiger partial charge in [0.25, 0.3) is 11.6 Å². The van der Waals surface area contributed by atoms with E-state index in [2.05, 4.69) is 10.6 Å². The lowest BCUT2D eigenvalue weighted by molar-refractivity contribution is -0.384. The van der Waals surface area contributed by atoms with E-state index in [1.165, 1.54) is 36.4 Å². The third kappa shape index (κ3) is 5.41. The van der Waals surface area contributed by atoms with Gasteiger partial charge in [0.15, 0.2) is 0 Å². The van der Waals surface area contributed by atoms with Crippen molar-refractivity contribution in [2.24, 2.45) is 5.92 Å². The Balaban J connectivity index is 1.51. The number of nitrogens with one attached hydrogen (secondary N) is 2. The summed E-state index contributed by atoms with van der Waals surface area (Å²) in [5.74, 6) is -2.33. The zero-order valence-corrected chi connectivity index (χ0v) is 22.1. The number of amides is 2. The smallest absolute Gasteiger partial charge is 0.269 e. The number of hydrogen-bond donors (Lipinski definition) is 2. The van der Waals surface area contributed by atoms with Gasteiger partial charge in [0, 0.05) is 39.5 Å². The van der Waals surface area contributed by atoms with Crippen molar-refractivity contribution in [2.75, 3.05) is 10.6 Å². The molecule has 12 heteroatoms. The summed E-state index contributed by atoms with van der Waals surface area (Å²) in [6, 6.07) is 13.3. The van der Waals surface area contributed by atoms with Crippen LogP contribution in [-0.4, -0.2) is 21.1 Å². The van der Waals surface area contributed by atoms with Gasteiger partial charge in [-0.15, -0.1) is 23.2 Å². The Morgan fingerprint density at radius 1 is 0.944 bits per heavy atom. The number of carbonyl (C=O) groups is 2. The normalized spacial score (nSPS) is 17.8. The lowest BCUT2D eigenvalue weighted by atomic mass is 10.1. The summed E-state index contributed by atoms with van der Waals surface area (Å²) in [5.41, 5.74) is 1.80. The Labute approximate surface area is 230 Å². The molecule has 0 radical (unpaired) electrons. The van der Waals surface area contributed by atoms with Gasteiger partial charge in [-0.3, -0.25) is 19.7 Å². The molecule has 186 valence electrons. The van der Waals surface area contributed by atoms with Gasteiger partial charge < -0.3 is 10.6 Å². The van der Waals surface area contributed by atoms with Gasteiger partial charge in [-0.05, 0) is 60.5 Å². The highest BCUT2D eigenvalue weighted by Gasteiger charge is 2.67. The Kier molecular flexibility index (Phi) is 7.42. The first-order valence-electron chi connectivity index (χ1n) is 10.4. The second-order valence-electron chi connectivity index (χ2n) is 8.23. The minimum atomic E-state index is -1.36. The van der Waals surface area contributed by atoms with Crippen LogP contribution in [0.1, 0.15) is 27.4 Å². The molecule has 3 aromatic rings. The SMILES string of the molecule is Cc1cc([N+](=O)[O-])ccc1NC(=O)c1cc(NC(=O)C2C(c3cc(Cl)cc(Cl)c3)C2(Cl)Cl)ccc1Cl. The van der Waals surface area contributed by atoms with Crippen LogP contribution in [0.25, 0.3) is 0 Å². The molecule has 3 aromatic carbocycles. The van der Waals surface area contributed by atoms with Crippen molar-refractivity contribution in [2.45, 2.75) is 17.2 Å². The summed E-state index contributed by atoms with van der Waals surface area (Å²) in [7, 11) is 0. The lowest BCUT2D eigenvalue weighted by Crippen LogP contribution is -2.18. The number of anilines is 2. The van der Waals surface area contributed by atoms with E-state index in [9.17, 15) is 19.7 Å². The molecule has 1 fully saturated rings. The molecule has 0 bridgehead atoms. The number of nitrogens with zero attached hydrogens (tertiary/aromatic N) is 1. The number of nitro groups is 1. The fourth-order valence-corrected chi connectivity index (χ4v) is 5.49. The van der Waals surface area contributed by atoms with Gasteiger partial charge in [-0.25, -0.2) is 0 Å². The van der Waals surface area contributed by atoms with Gasteiger partial charge in [-0.1, -0.05) is 34.8 Å². The Hall–Kier alpha value is -2.55. The number of alkyl halides is 2. The molecule has 0 saturated heterocycles. The predicted octanol–water partition coefficient (Wildman–Crippen LogP) is 7.64. The average molecular weight is 588 g/mol. The van der Waals surface area contributed by atoms with Crippen LogP contribution in [0, 0.1) is 23.0 Å². The minimum absolute atomic E-state index is 0.0872. The molecule has 1 aliphatic carbocycles. The van der Waals surface area contributed by atoms with E-state index in [0.29, 0.717) is 32.5 Å². The summed E-state index contributed by atoms with van der Waals surface area (Å²) in [6.07, 6.45) is 0. The first-order valence-corrected chi connectivity index (χ1v) is 12.3. The fraction of sp³-hybridized carbons (Fsp3) is 0.167. The van der Waals surface area contributed by atoms with Crippen molar-refractivity contribution in [1.29, 1.82) is 0 Å². The molecule has 1 aliphatic rings. The summed E-state index contributed by atoms with van der Waals surface area (Å²) in [6.45, 7) is 1.63. The number of rotatable bonds is 6. The first kappa shape index (κ1) is 26.5. The molecule has 1 saturated carbocycles. The van der Waals surface area contributed by atoms with E-state index in [4.69, 9.17) is 58.0 Å². The van der Waals surface area contributed by atoms with Crippen molar-refractivity contribution in [3.63, 3.8) is 0 Å². The lowest BCUT2D eigenvalue weighted by Gasteiger charge is -2.11. The molecular weight excluding hydrogens is 572 g/mol. The third-order valence-electron chi connectivity index (χ3n) is 5.73. The van der Waals surface area contributed by atoms with Crippen LogP contribution < -0.4 is 10.6 Å². The molecule has 2 N–H and O–H groups in total. The van der Waals surface area contributed by atoms with Crippen LogP contribution in [-0.2, 0) is 4.79 Å². The van der Waals surface area contributed by atoms with Crippen LogP contribution in [0.3, 0.4) is 0 Å². The minimum Gasteiger partial charge on any atom is -0.326 e. The molecule has 2 unspecified atom stereocenters. The highest BCUT2D eigenvalue weighted by Crippen LogP contribution is 2.65. The zero-order valence-electron chi connectivity index (χ0n) is 18.3. The molecule has 2 amide bonds. The van der Waals surface area contributed by atoms with Crippen molar-refractivity contribution in [3.8, 4) is 0 Å². The highest BCUT2D eigenvalue weighted by molar-refractivity contribution is 6.53. The molecule has 0 aliphatic heterocycles. The third-order valence-corrected chi connectivity index (χ3v) is 7.43.